The molecule has 6 nitrogen and oxygen atoms in total. The van der Waals surface area contributed by atoms with Crippen LogP contribution in [0.2, 0.25) is 0 Å². The average Bonchev–Trinajstić information content (AvgIpc) is 2.73. The van der Waals surface area contributed by atoms with E-state index in [1.165, 1.54) is 0 Å². The topological polar surface area (TPSA) is 69.6 Å². The van der Waals surface area contributed by atoms with Crippen molar-refractivity contribution in [2.45, 2.75) is 26.4 Å². The summed E-state index contributed by atoms with van der Waals surface area (Å²) in [4.78, 5) is 25.9. The van der Waals surface area contributed by atoms with E-state index in [4.69, 9.17) is 9.47 Å². The first kappa shape index (κ1) is 19.5. The number of methoxy groups -OCH3 is 2. The molecule has 0 saturated heterocycles. The van der Waals surface area contributed by atoms with E-state index in [9.17, 15) is 9.59 Å². The van der Waals surface area contributed by atoms with Crippen molar-refractivity contribution in [3.63, 3.8) is 0 Å². The number of benzene rings is 2. The molecule has 3 aromatic rings. The van der Waals surface area contributed by atoms with Crippen LogP contribution in [0.5, 0.6) is 11.5 Å². The highest BCUT2D eigenvalue weighted by molar-refractivity contribution is 5.97. The van der Waals surface area contributed by atoms with Crippen molar-refractivity contribution in [3.8, 4) is 11.5 Å². The van der Waals surface area contributed by atoms with Crippen LogP contribution < -0.4 is 20.2 Å². The lowest BCUT2D eigenvalue weighted by Gasteiger charge is -2.18. The van der Waals surface area contributed by atoms with Gasteiger partial charge in [-0.25, -0.2) is 0 Å². The molecule has 0 fully saturated rings. The summed E-state index contributed by atoms with van der Waals surface area (Å²) in [6, 6.07) is 12.5. The Hall–Kier alpha value is -3.28. The Balaban J connectivity index is 2.01. The zero-order valence-corrected chi connectivity index (χ0v) is 16.5. The zero-order valence-electron chi connectivity index (χ0n) is 16.5. The van der Waals surface area contributed by atoms with Crippen molar-refractivity contribution in [3.05, 3.63) is 70.0 Å². The number of fused-ring (bicyclic) bond motifs is 1. The van der Waals surface area contributed by atoms with Crippen LogP contribution in [0.1, 0.15) is 35.8 Å². The normalized spacial score (nSPS) is 11.9. The molecule has 1 atom stereocenters. The maximum Gasteiger partial charge on any atom is 0.257 e. The first-order chi connectivity index (χ1) is 13.5. The van der Waals surface area contributed by atoms with Crippen molar-refractivity contribution in [2.24, 2.45) is 0 Å². The van der Waals surface area contributed by atoms with E-state index in [1.54, 1.807) is 32.5 Å². The molecule has 0 aliphatic carbocycles. The Labute approximate surface area is 163 Å². The predicted molar refractivity (Wildman–Crippen MR) is 109 cm³/mol. The van der Waals surface area contributed by atoms with Gasteiger partial charge in [-0.05, 0) is 38.1 Å². The highest BCUT2D eigenvalue weighted by Gasteiger charge is 2.19. The van der Waals surface area contributed by atoms with Crippen LogP contribution in [-0.2, 0) is 6.54 Å². The Morgan fingerprint density at radius 1 is 1.14 bits per heavy atom. The number of hydrogen-bond donors (Lipinski definition) is 1. The SMILES string of the molecule is CCn1cc(C(=O)N[C@H](C)c2ccccc2OC)c(=O)c2cc(OC)ccc21. The molecule has 6 heteroatoms. The lowest BCUT2D eigenvalue weighted by atomic mass is 10.1. The van der Waals surface area contributed by atoms with Gasteiger partial charge in [0.1, 0.15) is 17.1 Å². The fourth-order valence-electron chi connectivity index (χ4n) is 3.30. The molecule has 1 heterocycles. The molecule has 28 heavy (non-hydrogen) atoms. The summed E-state index contributed by atoms with van der Waals surface area (Å²) in [5.41, 5.74) is 1.40. The summed E-state index contributed by atoms with van der Waals surface area (Å²) >= 11 is 0. The largest absolute Gasteiger partial charge is 0.497 e. The minimum atomic E-state index is -0.421. The molecule has 0 aliphatic heterocycles. The maximum absolute atomic E-state index is 13.0. The van der Waals surface area contributed by atoms with E-state index in [1.807, 2.05) is 48.7 Å². The van der Waals surface area contributed by atoms with E-state index < -0.39 is 5.91 Å². The van der Waals surface area contributed by atoms with Crippen molar-refractivity contribution in [1.29, 1.82) is 0 Å². The molecule has 1 aromatic heterocycles. The smallest absolute Gasteiger partial charge is 0.257 e. The number of carbonyl (C=O) groups is 1. The van der Waals surface area contributed by atoms with Gasteiger partial charge in [-0.3, -0.25) is 9.59 Å². The third-order valence-corrected chi connectivity index (χ3v) is 4.83. The summed E-state index contributed by atoms with van der Waals surface area (Å²) in [5, 5.41) is 3.37. The predicted octanol–water partition coefficient (Wildman–Crippen LogP) is 3.53. The summed E-state index contributed by atoms with van der Waals surface area (Å²) in [6.07, 6.45) is 1.61. The Kier molecular flexibility index (Phi) is 5.68. The van der Waals surface area contributed by atoms with Gasteiger partial charge in [0.25, 0.3) is 5.91 Å². The number of aryl methyl sites for hydroxylation is 1. The van der Waals surface area contributed by atoms with Crippen LogP contribution in [-0.4, -0.2) is 24.7 Å². The highest BCUT2D eigenvalue weighted by atomic mass is 16.5. The Morgan fingerprint density at radius 3 is 2.57 bits per heavy atom. The van der Waals surface area contributed by atoms with E-state index in [0.717, 1.165) is 11.1 Å². The fraction of sp³-hybridized carbons (Fsp3) is 0.273. The number of ether oxygens (including phenoxy) is 2. The lowest BCUT2D eigenvalue weighted by Crippen LogP contribution is -2.32. The average molecular weight is 380 g/mol. The fourth-order valence-corrected chi connectivity index (χ4v) is 3.30. The number of hydrogen-bond acceptors (Lipinski definition) is 4. The van der Waals surface area contributed by atoms with E-state index in [-0.39, 0.29) is 17.0 Å². The first-order valence-electron chi connectivity index (χ1n) is 9.15. The highest BCUT2D eigenvalue weighted by Crippen LogP contribution is 2.25. The van der Waals surface area contributed by atoms with Gasteiger partial charge < -0.3 is 19.4 Å². The molecule has 3 rings (SSSR count). The van der Waals surface area contributed by atoms with Crippen LogP contribution in [0.25, 0.3) is 10.9 Å². The van der Waals surface area contributed by atoms with Crippen molar-refractivity contribution in [1.82, 2.24) is 9.88 Å². The third kappa shape index (κ3) is 3.58. The Morgan fingerprint density at radius 2 is 1.89 bits per heavy atom. The van der Waals surface area contributed by atoms with Gasteiger partial charge in [0.05, 0.1) is 31.2 Å². The number of nitrogens with zero attached hydrogens (tertiary/aromatic N) is 1. The van der Waals surface area contributed by atoms with Gasteiger partial charge in [0.15, 0.2) is 0 Å². The quantitative estimate of drug-likeness (QED) is 0.710. The second kappa shape index (κ2) is 8.17. The minimum absolute atomic E-state index is 0.101. The molecule has 0 unspecified atom stereocenters. The number of pyridine rings is 1. The second-order valence-corrected chi connectivity index (χ2v) is 6.48. The molecular formula is C22H24N2O4. The van der Waals surface area contributed by atoms with Crippen LogP contribution in [0, 0.1) is 0 Å². The van der Waals surface area contributed by atoms with Gasteiger partial charge in [-0.1, -0.05) is 18.2 Å². The number of rotatable bonds is 6. The molecule has 0 bridgehead atoms. The number of carbonyl (C=O) groups excluding carboxylic acids is 1. The molecule has 0 aliphatic rings. The molecule has 146 valence electrons. The molecule has 0 radical (unpaired) electrons. The summed E-state index contributed by atoms with van der Waals surface area (Å²) in [7, 11) is 3.13. The zero-order chi connectivity index (χ0) is 20.3. The van der Waals surface area contributed by atoms with E-state index >= 15 is 0 Å². The lowest BCUT2D eigenvalue weighted by molar-refractivity contribution is 0.0938. The summed E-state index contributed by atoms with van der Waals surface area (Å²) in [6.45, 7) is 4.46. The van der Waals surface area contributed by atoms with Crippen LogP contribution in [0.4, 0.5) is 0 Å². The molecular weight excluding hydrogens is 356 g/mol. The minimum Gasteiger partial charge on any atom is -0.497 e. The summed E-state index contributed by atoms with van der Waals surface area (Å²) in [5.74, 6) is 0.840. The van der Waals surface area contributed by atoms with Crippen LogP contribution >= 0.6 is 0 Å². The van der Waals surface area contributed by atoms with Crippen molar-refractivity contribution in [2.75, 3.05) is 14.2 Å². The molecule has 2 aromatic carbocycles. The molecule has 1 amide bonds. The van der Waals surface area contributed by atoms with Gasteiger partial charge >= 0.3 is 0 Å². The summed E-state index contributed by atoms with van der Waals surface area (Å²) < 4.78 is 12.5. The van der Waals surface area contributed by atoms with Crippen molar-refractivity contribution >= 4 is 16.8 Å². The monoisotopic (exact) mass is 380 g/mol. The molecule has 0 saturated carbocycles. The van der Waals surface area contributed by atoms with E-state index in [2.05, 4.69) is 5.32 Å². The van der Waals surface area contributed by atoms with Crippen LogP contribution in [0.3, 0.4) is 0 Å². The Bertz CT molecular complexity index is 1070. The molecule has 0 spiro atoms. The first-order valence-corrected chi connectivity index (χ1v) is 9.15. The van der Waals surface area contributed by atoms with Gasteiger partial charge in [0.2, 0.25) is 5.43 Å². The standard InChI is InChI=1S/C22H24N2O4/c1-5-24-13-18(21(25)17-12-15(27-3)10-11-19(17)24)22(26)23-14(2)16-8-6-7-9-20(16)28-4/h6-14H,5H2,1-4H3,(H,23,26)/t14-/m1/s1. The maximum atomic E-state index is 13.0. The van der Waals surface area contributed by atoms with Gasteiger partial charge in [-0.15, -0.1) is 0 Å². The van der Waals surface area contributed by atoms with Gasteiger partial charge in [-0.2, -0.15) is 0 Å². The van der Waals surface area contributed by atoms with E-state index in [0.29, 0.717) is 23.4 Å². The van der Waals surface area contributed by atoms with Crippen molar-refractivity contribution < 1.29 is 14.3 Å². The molecule has 1 N–H and O–H groups in total. The second-order valence-electron chi connectivity index (χ2n) is 6.48. The third-order valence-electron chi connectivity index (χ3n) is 4.83. The number of para-hydroxylation sites is 1. The number of amides is 1. The number of nitrogens with one attached hydrogen (secondary N) is 1. The number of aromatic nitrogens is 1. The van der Waals surface area contributed by atoms with Gasteiger partial charge in [0, 0.05) is 18.3 Å². The van der Waals surface area contributed by atoms with Crippen LogP contribution in [0.15, 0.2) is 53.5 Å².